The molecule has 134 valence electrons. The number of pyridine rings is 1. The van der Waals surface area contributed by atoms with Gasteiger partial charge in [-0.1, -0.05) is 12.1 Å². The van der Waals surface area contributed by atoms with Gasteiger partial charge in [-0.15, -0.1) is 12.4 Å². The monoisotopic (exact) mass is 361 g/mol. The van der Waals surface area contributed by atoms with Crippen LogP contribution in [-0.4, -0.2) is 42.0 Å². The predicted octanol–water partition coefficient (Wildman–Crippen LogP) is 3.00. The van der Waals surface area contributed by atoms with Crippen LogP contribution in [0.25, 0.3) is 0 Å². The van der Waals surface area contributed by atoms with Crippen molar-refractivity contribution in [2.75, 3.05) is 26.2 Å². The van der Waals surface area contributed by atoms with E-state index in [-0.39, 0.29) is 24.4 Å². The topological polar surface area (TPSA) is 54.5 Å². The van der Waals surface area contributed by atoms with Gasteiger partial charge in [0.2, 0.25) is 0 Å². The van der Waals surface area contributed by atoms with Gasteiger partial charge in [0.15, 0.2) is 0 Å². The summed E-state index contributed by atoms with van der Waals surface area (Å²) in [5.41, 5.74) is 2.76. The van der Waals surface area contributed by atoms with E-state index < -0.39 is 0 Å². The number of carbonyl (C=O) groups is 1. The highest BCUT2D eigenvalue weighted by atomic mass is 35.5. The number of carbonyl (C=O) groups excluding carboxylic acids is 1. The molecule has 0 bridgehead atoms. The van der Waals surface area contributed by atoms with Crippen LogP contribution in [0.2, 0.25) is 0 Å². The Morgan fingerprint density at radius 2 is 2.24 bits per heavy atom. The summed E-state index contributed by atoms with van der Waals surface area (Å²) in [6, 6.07) is 9.60. The minimum atomic E-state index is -0.00297. The van der Waals surface area contributed by atoms with Gasteiger partial charge in [0.25, 0.3) is 5.91 Å². The average Bonchev–Trinajstić information content (AvgIpc) is 2.64. The van der Waals surface area contributed by atoms with Crippen molar-refractivity contribution in [1.29, 1.82) is 0 Å². The largest absolute Gasteiger partial charge is 0.494 e. The summed E-state index contributed by atoms with van der Waals surface area (Å²) in [6.07, 6.45) is 3.58. The van der Waals surface area contributed by atoms with E-state index in [1.54, 1.807) is 6.20 Å². The Hall–Kier alpha value is -2.11. The molecule has 0 radical (unpaired) electrons. The summed E-state index contributed by atoms with van der Waals surface area (Å²) in [5, 5.41) is 3.36. The van der Waals surface area contributed by atoms with Crippen LogP contribution in [0.3, 0.4) is 0 Å². The number of hydrogen-bond donors (Lipinski definition) is 1. The van der Waals surface area contributed by atoms with Gasteiger partial charge < -0.3 is 15.0 Å². The second kappa shape index (κ2) is 8.83. The van der Waals surface area contributed by atoms with E-state index in [2.05, 4.69) is 10.3 Å². The molecule has 1 aromatic heterocycles. The number of aryl methyl sites for hydroxylation is 1. The first-order chi connectivity index (χ1) is 11.7. The zero-order valence-electron chi connectivity index (χ0n) is 14.6. The number of hydrogen-bond acceptors (Lipinski definition) is 4. The summed E-state index contributed by atoms with van der Waals surface area (Å²) in [7, 11) is 0. The molecule has 0 saturated carbocycles. The Labute approximate surface area is 154 Å². The molecule has 1 atom stereocenters. The number of benzene rings is 1. The third-order valence-electron chi connectivity index (χ3n) is 4.31. The van der Waals surface area contributed by atoms with Crippen molar-refractivity contribution in [3.63, 3.8) is 0 Å². The van der Waals surface area contributed by atoms with Crippen LogP contribution < -0.4 is 10.1 Å². The number of amides is 1. The molecule has 1 saturated heterocycles. The van der Waals surface area contributed by atoms with Gasteiger partial charge in [-0.3, -0.25) is 9.78 Å². The Balaban J connectivity index is 0.00000225. The van der Waals surface area contributed by atoms with E-state index in [0.717, 1.165) is 30.0 Å². The van der Waals surface area contributed by atoms with Gasteiger partial charge in [0, 0.05) is 37.6 Å². The maximum absolute atomic E-state index is 13.1. The van der Waals surface area contributed by atoms with Gasteiger partial charge in [-0.25, -0.2) is 0 Å². The maximum Gasteiger partial charge on any atom is 0.254 e. The Morgan fingerprint density at radius 3 is 2.96 bits per heavy atom. The van der Waals surface area contributed by atoms with Gasteiger partial charge in [-0.05, 0) is 43.2 Å². The summed E-state index contributed by atoms with van der Waals surface area (Å²) in [5.74, 6) is 0.808. The molecule has 1 unspecified atom stereocenters. The Bertz CT molecular complexity index is 709. The molecular formula is C19H24ClN3O2. The lowest BCUT2D eigenvalue weighted by molar-refractivity contribution is 0.0633. The summed E-state index contributed by atoms with van der Waals surface area (Å²) >= 11 is 0. The molecule has 2 heterocycles. The van der Waals surface area contributed by atoms with Crippen LogP contribution in [0.4, 0.5) is 0 Å². The molecule has 3 rings (SSSR count). The minimum absolute atomic E-state index is 0. The number of aromatic nitrogens is 1. The lowest BCUT2D eigenvalue weighted by atomic mass is 10.0. The van der Waals surface area contributed by atoms with Crippen molar-refractivity contribution < 1.29 is 9.53 Å². The van der Waals surface area contributed by atoms with Crippen LogP contribution in [0.1, 0.15) is 34.5 Å². The fourth-order valence-electron chi connectivity index (χ4n) is 3.03. The number of ether oxygens (including phenoxy) is 1. The zero-order chi connectivity index (χ0) is 16.9. The van der Waals surface area contributed by atoms with E-state index in [1.165, 1.54) is 0 Å². The Kier molecular flexibility index (Phi) is 6.79. The van der Waals surface area contributed by atoms with Crippen LogP contribution in [-0.2, 0) is 0 Å². The third kappa shape index (κ3) is 4.30. The normalized spacial score (nSPS) is 16.9. The number of piperazine rings is 1. The van der Waals surface area contributed by atoms with Crippen molar-refractivity contribution in [2.24, 2.45) is 0 Å². The molecule has 1 fully saturated rings. The van der Waals surface area contributed by atoms with Crippen LogP contribution in [0.5, 0.6) is 5.75 Å². The highest BCUT2D eigenvalue weighted by Crippen LogP contribution is 2.26. The van der Waals surface area contributed by atoms with Gasteiger partial charge in [0.1, 0.15) is 5.75 Å². The number of halogens is 1. The lowest BCUT2D eigenvalue weighted by Gasteiger charge is -2.36. The molecule has 0 spiro atoms. The third-order valence-corrected chi connectivity index (χ3v) is 4.31. The molecule has 25 heavy (non-hydrogen) atoms. The van der Waals surface area contributed by atoms with Crippen molar-refractivity contribution in [2.45, 2.75) is 19.9 Å². The van der Waals surface area contributed by atoms with Crippen molar-refractivity contribution in [3.05, 3.63) is 59.4 Å². The number of nitrogens with zero attached hydrogens (tertiary/aromatic N) is 2. The molecule has 1 aliphatic heterocycles. The van der Waals surface area contributed by atoms with Gasteiger partial charge >= 0.3 is 0 Å². The predicted molar refractivity (Wildman–Crippen MR) is 100 cm³/mol. The SMILES string of the molecule is CCOc1cc(C(=O)N2CCNCC2c2cccnc2)ccc1C.Cl. The second-order valence-corrected chi connectivity index (χ2v) is 5.92. The van der Waals surface area contributed by atoms with E-state index in [1.807, 2.05) is 55.3 Å². The first-order valence-electron chi connectivity index (χ1n) is 8.35. The molecule has 6 heteroatoms. The maximum atomic E-state index is 13.1. The highest BCUT2D eigenvalue weighted by Gasteiger charge is 2.29. The molecule has 1 amide bonds. The summed E-state index contributed by atoms with van der Waals surface area (Å²) in [6.45, 7) is 6.74. The summed E-state index contributed by atoms with van der Waals surface area (Å²) in [4.78, 5) is 19.2. The fourth-order valence-corrected chi connectivity index (χ4v) is 3.03. The molecule has 1 aliphatic rings. The van der Waals surface area contributed by atoms with Crippen molar-refractivity contribution >= 4 is 18.3 Å². The van der Waals surface area contributed by atoms with Crippen molar-refractivity contribution in [3.8, 4) is 5.75 Å². The first kappa shape index (κ1) is 19.2. The van der Waals surface area contributed by atoms with Crippen LogP contribution in [0, 0.1) is 6.92 Å². The van der Waals surface area contributed by atoms with Crippen LogP contribution >= 0.6 is 12.4 Å². The Morgan fingerprint density at radius 1 is 1.40 bits per heavy atom. The number of rotatable bonds is 4. The average molecular weight is 362 g/mol. The van der Waals surface area contributed by atoms with Crippen molar-refractivity contribution in [1.82, 2.24) is 15.2 Å². The van der Waals surface area contributed by atoms with E-state index in [9.17, 15) is 4.79 Å². The van der Waals surface area contributed by atoms with E-state index in [4.69, 9.17) is 4.74 Å². The summed E-state index contributed by atoms with van der Waals surface area (Å²) < 4.78 is 5.63. The highest BCUT2D eigenvalue weighted by molar-refractivity contribution is 5.95. The minimum Gasteiger partial charge on any atom is -0.494 e. The fraction of sp³-hybridized carbons (Fsp3) is 0.368. The van der Waals surface area contributed by atoms with Gasteiger partial charge in [-0.2, -0.15) is 0 Å². The molecule has 5 nitrogen and oxygen atoms in total. The quantitative estimate of drug-likeness (QED) is 0.909. The second-order valence-electron chi connectivity index (χ2n) is 5.92. The number of nitrogens with one attached hydrogen (secondary N) is 1. The lowest BCUT2D eigenvalue weighted by Crippen LogP contribution is -2.48. The smallest absolute Gasteiger partial charge is 0.254 e. The molecule has 2 aromatic rings. The van der Waals surface area contributed by atoms with E-state index >= 15 is 0 Å². The standard InChI is InChI=1S/C19H23N3O2.ClH/c1-3-24-18-11-15(7-6-14(18)2)19(23)22-10-9-21-13-17(22)16-5-4-8-20-12-16;/h4-8,11-12,17,21H,3,9-10,13H2,1-2H3;1H. The van der Waals surface area contributed by atoms with Crippen LogP contribution in [0.15, 0.2) is 42.7 Å². The van der Waals surface area contributed by atoms with E-state index in [0.29, 0.717) is 18.7 Å². The molecule has 1 aromatic carbocycles. The molecule has 1 N–H and O–H groups in total. The zero-order valence-corrected chi connectivity index (χ0v) is 15.4. The molecular weight excluding hydrogens is 338 g/mol. The van der Waals surface area contributed by atoms with Gasteiger partial charge in [0.05, 0.1) is 12.6 Å². The first-order valence-corrected chi connectivity index (χ1v) is 8.35. The molecule has 0 aliphatic carbocycles.